The van der Waals surface area contributed by atoms with Gasteiger partial charge in [0, 0.05) is 10.9 Å². The van der Waals surface area contributed by atoms with Gasteiger partial charge in [0.1, 0.15) is 17.7 Å². The molecule has 0 aliphatic carbocycles. The third-order valence-corrected chi connectivity index (χ3v) is 7.26. The normalized spacial score (nSPS) is 18.6. The fourth-order valence-corrected chi connectivity index (χ4v) is 5.15. The second kappa shape index (κ2) is 10.4. The second-order valence-corrected chi connectivity index (χ2v) is 10.9. The molecule has 4 rings (SSSR count). The molecule has 2 heterocycles. The van der Waals surface area contributed by atoms with Crippen molar-refractivity contribution in [2.45, 2.75) is 38.3 Å². The van der Waals surface area contributed by atoms with Crippen molar-refractivity contribution in [3.8, 4) is 11.8 Å². The van der Waals surface area contributed by atoms with E-state index in [9.17, 15) is 23.9 Å². The van der Waals surface area contributed by atoms with E-state index in [0.717, 1.165) is 15.5 Å². The molecule has 2 N–H and O–H groups in total. The minimum atomic E-state index is -2.90. The number of rotatable bonds is 8. The van der Waals surface area contributed by atoms with Gasteiger partial charge in [0.15, 0.2) is 5.82 Å². The first-order valence-electron chi connectivity index (χ1n) is 11.5. The highest BCUT2D eigenvalue weighted by Gasteiger charge is 2.54. The zero-order valence-corrected chi connectivity index (χ0v) is 22.8. The van der Waals surface area contributed by atoms with Gasteiger partial charge in [0.2, 0.25) is 0 Å². The average Bonchev–Trinajstić information content (AvgIpc) is 3.45. The van der Waals surface area contributed by atoms with Crippen LogP contribution >= 0.6 is 27.5 Å². The van der Waals surface area contributed by atoms with Crippen molar-refractivity contribution in [3.05, 3.63) is 87.6 Å². The summed E-state index contributed by atoms with van der Waals surface area (Å²) in [6, 6.07) is 13.0. The number of nitrogens with one attached hydrogen (secondary N) is 1. The number of nitrogens with zero attached hydrogens (tertiary/aromatic N) is 5. The van der Waals surface area contributed by atoms with Gasteiger partial charge >= 0.3 is 0 Å². The van der Waals surface area contributed by atoms with Crippen molar-refractivity contribution in [1.82, 2.24) is 25.0 Å². The number of carbonyl (C=O) groups is 1. The maximum absolute atomic E-state index is 14.2. The fraction of sp³-hybridized carbons (Fsp3) is 0.308. The molecule has 1 aliphatic heterocycles. The van der Waals surface area contributed by atoms with Gasteiger partial charge in [-0.1, -0.05) is 52.3 Å². The summed E-state index contributed by atoms with van der Waals surface area (Å²) >= 11 is 9.72. The number of aliphatic hydroxyl groups is 1. The monoisotopic (exact) mass is 604 g/mol. The van der Waals surface area contributed by atoms with Crippen LogP contribution in [0.2, 0.25) is 5.02 Å². The zero-order chi connectivity index (χ0) is 27.8. The Morgan fingerprint density at radius 3 is 2.58 bits per heavy atom. The van der Waals surface area contributed by atoms with Crippen LogP contribution in [0.1, 0.15) is 49.7 Å². The molecule has 0 bridgehead atoms. The molecule has 2 atom stereocenters. The summed E-state index contributed by atoms with van der Waals surface area (Å²) < 4.78 is 28.7. The minimum absolute atomic E-state index is 0.116. The Balaban J connectivity index is 1.80. The van der Waals surface area contributed by atoms with E-state index < -0.39 is 41.8 Å². The number of hydrogen-bond acceptors (Lipinski definition) is 6. The lowest BCUT2D eigenvalue weighted by atomic mass is 9.75. The number of amides is 1. The van der Waals surface area contributed by atoms with Crippen LogP contribution in [-0.2, 0) is 10.3 Å². The number of alkyl halides is 2. The van der Waals surface area contributed by atoms with Crippen molar-refractivity contribution in [3.63, 3.8) is 0 Å². The van der Waals surface area contributed by atoms with E-state index in [2.05, 4.69) is 44.0 Å². The second-order valence-electron chi connectivity index (χ2n) is 9.57. The van der Waals surface area contributed by atoms with Crippen molar-refractivity contribution in [1.29, 1.82) is 5.26 Å². The summed E-state index contributed by atoms with van der Waals surface area (Å²) in [5, 5.41) is 27.4. The highest BCUT2D eigenvalue weighted by Crippen LogP contribution is 2.44. The quantitative estimate of drug-likeness (QED) is 0.357. The van der Waals surface area contributed by atoms with Gasteiger partial charge in [-0.15, -0.1) is 0 Å². The lowest BCUT2D eigenvalue weighted by Crippen LogP contribution is -2.47. The van der Waals surface area contributed by atoms with E-state index in [1.165, 1.54) is 17.0 Å². The summed E-state index contributed by atoms with van der Waals surface area (Å²) in [5.74, 6) is -0.796. The van der Waals surface area contributed by atoms with Crippen molar-refractivity contribution in [2.75, 3.05) is 6.61 Å². The van der Waals surface area contributed by atoms with Crippen LogP contribution in [-0.4, -0.2) is 37.3 Å². The summed E-state index contributed by atoms with van der Waals surface area (Å²) in [6.45, 7) is 7.01. The molecule has 0 saturated carbocycles. The maximum Gasteiger partial charge on any atom is 0.297 e. The Morgan fingerprint density at radius 1 is 1.29 bits per heavy atom. The van der Waals surface area contributed by atoms with E-state index in [4.69, 9.17) is 11.6 Å². The van der Waals surface area contributed by atoms with Crippen LogP contribution in [0.4, 0.5) is 8.78 Å². The number of aliphatic hydroxyl groups excluding tert-OH is 1. The summed E-state index contributed by atoms with van der Waals surface area (Å²) in [7, 11) is 0. The maximum atomic E-state index is 14.2. The number of hydrogen-bond donors (Lipinski definition) is 2. The minimum Gasteiger partial charge on any atom is -0.394 e. The fourth-order valence-electron chi connectivity index (χ4n) is 4.69. The Morgan fingerprint density at radius 2 is 1.97 bits per heavy atom. The predicted molar refractivity (Wildman–Crippen MR) is 140 cm³/mol. The Bertz CT molecular complexity index is 1420. The molecule has 3 aromatic rings. The molecule has 1 aliphatic rings. The standard InChI is InChI=1S/C26H24BrClF2N6O2/c1-15-34-26(12-25(2,3)13-31,17-5-7-18(27)8-6-17)24(38)35(15)21(11-37)16-4-9-19(28)20(10-16)36-23(22(29)30)32-14-33-36/h4-10,14,21-22,34,37H,1,11-12H2,2-3H3/t21-,26-/m1/s1. The highest BCUT2D eigenvalue weighted by atomic mass is 79.9. The van der Waals surface area contributed by atoms with Gasteiger partial charge in [-0.25, -0.2) is 18.4 Å². The van der Waals surface area contributed by atoms with Gasteiger partial charge in [-0.3, -0.25) is 9.69 Å². The molecule has 0 unspecified atom stereocenters. The lowest BCUT2D eigenvalue weighted by Gasteiger charge is -2.33. The predicted octanol–water partition coefficient (Wildman–Crippen LogP) is 5.39. The molecule has 198 valence electrons. The Labute approximate surface area is 231 Å². The molecule has 8 nitrogen and oxygen atoms in total. The van der Waals surface area contributed by atoms with Crippen LogP contribution in [0.3, 0.4) is 0 Å². The van der Waals surface area contributed by atoms with E-state index in [0.29, 0.717) is 11.1 Å². The number of nitriles is 1. The number of benzene rings is 2. The zero-order valence-electron chi connectivity index (χ0n) is 20.5. The molecule has 1 saturated heterocycles. The van der Waals surface area contributed by atoms with Crippen LogP contribution in [0.5, 0.6) is 0 Å². The number of aromatic nitrogens is 3. The third-order valence-electron chi connectivity index (χ3n) is 6.42. The molecule has 0 spiro atoms. The van der Waals surface area contributed by atoms with Gasteiger partial charge < -0.3 is 10.4 Å². The van der Waals surface area contributed by atoms with E-state index in [1.807, 2.05) is 0 Å². The molecule has 1 amide bonds. The van der Waals surface area contributed by atoms with Gasteiger partial charge in [0.05, 0.1) is 34.8 Å². The van der Waals surface area contributed by atoms with Crippen LogP contribution < -0.4 is 5.32 Å². The third kappa shape index (κ3) is 4.91. The smallest absolute Gasteiger partial charge is 0.297 e. The summed E-state index contributed by atoms with van der Waals surface area (Å²) in [6.07, 6.45) is -1.79. The van der Waals surface area contributed by atoms with E-state index >= 15 is 0 Å². The van der Waals surface area contributed by atoms with Gasteiger partial charge in [-0.05, 0) is 49.2 Å². The topological polar surface area (TPSA) is 107 Å². The molecular weight excluding hydrogens is 582 g/mol. The van der Waals surface area contributed by atoms with E-state index in [-0.39, 0.29) is 23.0 Å². The number of halogens is 4. The van der Waals surface area contributed by atoms with Gasteiger partial charge in [-0.2, -0.15) is 10.4 Å². The van der Waals surface area contributed by atoms with Crippen LogP contribution in [0.25, 0.3) is 5.69 Å². The first-order valence-corrected chi connectivity index (χ1v) is 12.7. The number of carbonyl (C=O) groups excluding carboxylic acids is 1. The van der Waals surface area contributed by atoms with E-state index in [1.54, 1.807) is 44.2 Å². The average molecular weight is 606 g/mol. The summed E-state index contributed by atoms with van der Waals surface area (Å²) in [4.78, 5) is 19.2. The first kappa shape index (κ1) is 27.7. The largest absolute Gasteiger partial charge is 0.394 e. The van der Waals surface area contributed by atoms with Crippen molar-refractivity contribution in [2.24, 2.45) is 5.41 Å². The lowest BCUT2D eigenvalue weighted by molar-refractivity contribution is -0.135. The molecule has 38 heavy (non-hydrogen) atoms. The molecule has 12 heteroatoms. The van der Waals surface area contributed by atoms with Crippen molar-refractivity contribution >= 4 is 33.4 Å². The molecule has 0 radical (unpaired) electrons. The Hall–Kier alpha value is -3.33. The molecular formula is C26H24BrClF2N6O2. The summed E-state index contributed by atoms with van der Waals surface area (Å²) in [5.41, 5.74) is -1.09. The van der Waals surface area contributed by atoms with Crippen LogP contribution in [0.15, 0.2) is 65.7 Å². The molecule has 1 fully saturated rings. The van der Waals surface area contributed by atoms with Gasteiger partial charge in [0.25, 0.3) is 12.3 Å². The van der Waals surface area contributed by atoms with Crippen LogP contribution in [0, 0.1) is 16.7 Å². The molecule has 2 aromatic carbocycles. The highest BCUT2D eigenvalue weighted by molar-refractivity contribution is 9.10. The Kier molecular flexibility index (Phi) is 7.61. The molecule has 1 aromatic heterocycles. The van der Waals surface area contributed by atoms with Crippen molar-refractivity contribution < 1.29 is 18.7 Å². The first-order chi connectivity index (χ1) is 17.9. The SMILES string of the molecule is C=C1N[C@](CC(C)(C)C#N)(c2ccc(Br)cc2)C(=O)N1[C@H](CO)c1ccc(Cl)c(-n2ncnc2C(F)F)c1.